The molecule has 3 aromatic rings. The van der Waals surface area contributed by atoms with Crippen molar-refractivity contribution in [3.63, 3.8) is 0 Å². The number of aliphatic imine (C=N–C) groups is 1. The van der Waals surface area contributed by atoms with E-state index in [9.17, 15) is 15.2 Å². The van der Waals surface area contributed by atoms with Gasteiger partial charge in [0.05, 0.1) is 15.5 Å². The van der Waals surface area contributed by atoms with Crippen LogP contribution in [0.2, 0.25) is 5.02 Å². The Labute approximate surface area is 173 Å². The highest BCUT2D eigenvalue weighted by Crippen LogP contribution is 2.40. The van der Waals surface area contributed by atoms with E-state index in [1.807, 2.05) is 18.2 Å². The van der Waals surface area contributed by atoms with E-state index < -0.39 is 4.92 Å². The molecule has 136 valence electrons. The number of nitrogens with zero attached hydrogens (tertiary/aromatic N) is 2. The molecule has 0 saturated heterocycles. The van der Waals surface area contributed by atoms with Crippen LogP contribution in [0.15, 0.2) is 79.9 Å². The summed E-state index contributed by atoms with van der Waals surface area (Å²) in [6.45, 7) is 0. The average Bonchev–Trinajstić information content (AvgIpc) is 2.64. The van der Waals surface area contributed by atoms with Crippen molar-refractivity contribution >= 4 is 56.9 Å². The first-order valence-electron chi connectivity index (χ1n) is 7.67. The number of phenolic OH excluding ortho intramolecular Hbond substituents is 1. The van der Waals surface area contributed by atoms with E-state index in [2.05, 4.69) is 20.9 Å². The molecule has 3 rings (SSSR count). The van der Waals surface area contributed by atoms with Crippen molar-refractivity contribution in [1.82, 2.24) is 0 Å². The first-order valence-corrected chi connectivity index (χ1v) is 9.66. The molecule has 3 aromatic carbocycles. The summed E-state index contributed by atoms with van der Waals surface area (Å²) in [6, 6.07) is 16.9. The highest BCUT2D eigenvalue weighted by molar-refractivity contribution is 9.10. The highest BCUT2D eigenvalue weighted by Gasteiger charge is 2.16. The number of para-hydroxylation sites is 1. The highest BCUT2D eigenvalue weighted by atomic mass is 79.9. The van der Waals surface area contributed by atoms with Gasteiger partial charge in [0.1, 0.15) is 5.75 Å². The van der Waals surface area contributed by atoms with Gasteiger partial charge in [0.25, 0.3) is 5.69 Å². The Morgan fingerprint density at radius 1 is 1.11 bits per heavy atom. The van der Waals surface area contributed by atoms with Crippen LogP contribution in [0.5, 0.6) is 5.75 Å². The fraction of sp³-hybridized carbons (Fsp3) is 0. The van der Waals surface area contributed by atoms with Crippen LogP contribution in [0.25, 0.3) is 0 Å². The van der Waals surface area contributed by atoms with Crippen LogP contribution >= 0.6 is 39.3 Å². The first-order chi connectivity index (χ1) is 12.9. The second-order valence-corrected chi connectivity index (χ2v) is 7.84. The molecule has 0 aromatic heterocycles. The van der Waals surface area contributed by atoms with Crippen LogP contribution in [0.1, 0.15) is 5.56 Å². The summed E-state index contributed by atoms with van der Waals surface area (Å²) in [6.07, 6.45) is 1.55. The molecule has 0 spiro atoms. The van der Waals surface area contributed by atoms with Gasteiger partial charge in [-0.1, -0.05) is 51.4 Å². The van der Waals surface area contributed by atoms with Crippen molar-refractivity contribution in [2.45, 2.75) is 9.79 Å². The maximum absolute atomic E-state index is 11.3. The lowest BCUT2D eigenvalue weighted by Crippen LogP contribution is -1.90. The maximum Gasteiger partial charge on any atom is 0.284 e. The number of aromatic hydroxyl groups is 1. The number of hydrogen-bond donors (Lipinski definition) is 1. The molecule has 0 aliphatic heterocycles. The number of nitro groups is 1. The molecule has 0 amide bonds. The van der Waals surface area contributed by atoms with Gasteiger partial charge in [-0.15, -0.1) is 0 Å². The Hall–Kier alpha value is -2.35. The minimum absolute atomic E-state index is 0.0593. The van der Waals surface area contributed by atoms with E-state index in [1.54, 1.807) is 42.6 Å². The van der Waals surface area contributed by atoms with E-state index in [0.29, 0.717) is 21.2 Å². The summed E-state index contributed by atoms with van der Waals surface area (Å²) in [5.41, 5.74) is 1.13. The smallest absolute Gasteiger partial charge is 0.284 e. The zero-order chi connectivity index (χ0) is 19.4. The SMILES string of the molecule is O=[N+]([O-])c1cc(Cl)ccc1Sc1ccccc1N=Cc1cc(Br)ccc1O. The van der Waals surface area contributed by atoms with Gasteiger partial charge >= 0.3 is 0 Å². The maximum atomic E-state index is 11.3. The number of rotatable bonds is 5. The van der Waals surface area contributed by atoms with Crippen molar-refractivity contribution in [2.24, 2.45) is 4.99 Å². The normalized spacial score (nSPS) is 11.0. The second kappa shape index (κ2) is 8.56. The standard InChI is InChI=1S/C19H12BrClN2O3S/c20-13-5-7-17(24)12(9-13)11-22-15-3-1-2-4-18(15)27-19-8-6-14(21)10-16(19)23(25)26/h1-11,24H. The number of phenols is 1. The third kappa shape index (κ3) is 4.88. The molecule has 0 fully saturated rings. The second-order valence-electron chi connectivity index (χ2n) is 5.40. The zero-order valence-electron chi connectivity index (χ0n) is 13.7. The van der Waals surface area contributed by atoms with E-state index >= 15 is 0 Å². The van der Waals surface area contributed by atoms with Crippen LogP contribution in [-0.2, 0) is 0 Å². The molecule has 8 heteroatoms. The summed E-state index contributed by atoms with van der Waals surface area (Å²) in [5, 5.41) is 21.5. The topological polar surface area (TPSA) is 75.7 Å². The first kappa shape index (κ1) is 19.4. The van der Waals surface area contributed by atoms with Crippen LogP contribution in [0.4, 0.5) is 11.4 Å². The quantitative estimate of drug-likeness (QED) is 0.262. The lowest BCUT2D eigenvalue weighted by molar-refractivity contribution is -0.387. The average molecular weight is 464 g/mol. The third-order valence-electron chi connectivity index (χ3n) is 3.54. The lowest BCUT2D eigenvalue weighted by Gasteiger charge is -2.07. The minimum Gasteiger partial charge on any atom is -0.507 e. The zero-order valence-corrected chi connectivity index (χ0v) is 16.8. The molecule has 0 radical (unpaired) electrons. The largest absolute Gasteiger partial charge is 0.507 e. The van der Waals surface area contributed by atoms with Crippen molar-refractivity contribution in [3.8, 4) is 5.75 Å². The molecule has 0 saturated carbocycles. The Morgan fingerprint density at radius 2 is 1.89 bits per heavy atom. The predicted octanol–water partition coefficient (Wildman–Crippen LogP) is 6.62. The van der Waals surface area contributed by atoms with Gasteiger partial charge in [-0.2, -0.15) is 0 Å². The molecule has 1 N–H and O–H groups in total. The molecule has 0 atom stereocenters. The Bertz CT molecular complexity index is 1040. The lowest BCUT2D eigenvalue weighted by atomic mass is 10.2. The fourth-order valence-electron chi connectivity index (χ4n) is 2.26. The summed E-state index contributed by atoms with van der Waals surface area (Å²) in [7, 11) is 0. The van der Waals surface area contributed by atoms with Gasteiger partial charge in [0.2, 0.25) is 0 Å². The number of benzene rings is 3. The van der Waals surface area contributed by atoms with Crippen LogP contribution < -0.4 is 0 Å². The third-order valence-corrected chi connectivity index (χ3v) is 5.39. The Morgan fingerprint density at radius 3 is 2.67 bits per heavy atom. The summed E-state index contributed by atoms with van der Waals surface area (Å²) >= 11 is 10.5. The van der Waals surface area contributed by atoms with Gasteiger partial charge in [-0.3, -0.25) is 15.1 Å². The number of halogens is 2. The molecular formula is C19H12BrClN2O3S. The molecule has 0 unspecified atom stereocenters. The van der Waals surface area contributed by atoms with Crippen molar-refractivity contribution in [1.29, 1.82) is 0 Å². The Balaban J connectivity index is 1.95. The summed E-state index contributed by atoms with van der Waals surface area (Å²) < 4.78 is 0.821. The van der Waals surface area contributed by atoms with E-state index in [4.69, 9.17) is 11.6 Å². The van der Waals surface area contributed by atoms with E-state index in [0.717, 1.165) is 9.37 Å². The van der Waals surface area contributed by atoms with Crippen molar-refractivity contribution in [3.05, 3.63) is 85.8 Å². The van der Waals surface area contributed by atoms with Crippen LogP contribution in [0.3, 0.4) is 0 Å². The Kier molecular flexibility index (Phi) is 6.15. The molecule has 0 aliphatic carbocycles. The fourth-order valence-corrected chi connectivity index (χ4v) is 3.78. The van der Waals surface area contributed by atoms with E-state index in [-0.39, 0.29) is 11.4 Å². The van der Waals surface area contributed by atoms with Crippen molar-refractivity contribution < 1.29 is 10.0 Å². The molecule has 0 heterocycles. The van der Waals surface area contributed by atoms with Gasteiger partial charge < -0.3 is 5.11 Å². The van der Waals surface area contributed by atoms with Gasteiger partial charge in [-0.25, -0.2) is 0 Å². The molecular weight excluding hydrogens is 452 g/mol. The molecule has 5 nitrogen and oxygen atoms in total. The minimum atomic E-state index is -0.459. The molecule has 0 bridgehead atoms. The van der Waals surface area contributed by atoms with Gasteiger partial charge in [-0.05, 0) is 42.5 Å². The molecule has 27 heavy (non-hydrogen) atoms. The number of nitro benzene ring substituents is 1. The molecule has 0 aliphatic rings. The monoisotopic (exact) mass is 462 g/mol. The van der Waals surface area contributed by atoms with Gasteiger partial charge in [0.15, 0.2) is 0 Å². The van der Waals surface area contributed by atoms with Crippen LogP contribution in [-0.4, -0.2) is 16.2 Å². The van der Waals surface area contributed by atoms with Crippen molar-refractivity contribution in [2.75, 3.05) is 0 Å². The predicted molar refractivity (Wildman–Crippen MR) is 112 cm³/mol. The number of hydrogen-bond acceptors (Lipinski definition) is 5. The van der Waals surface area contributed by atoms with E-state index in [1.165, 1.54) is 17.8 Å². The van der Waals surface area contributed by atoms with Gasteiger partial charge in [0, 0.05) is 32.2 Å². The van der Waals surface area contributed by atoms with Crippen LogP contribution in [0, 0.1) is 10.1 Å². The summed E-state index contributed by atoms with van der Waals surface area (Å²) in [4.78, 5) is 16.5. The summed E-state index contributed by atoms with van der Waals surface area (Å²) in [5.74, 6) is 0.112.